The molecule has 0 aliphatic rings. The molecule has 4 unspecified atom stereocenters. The summed E-state index contributed by atoms with van der Waals surface area (Å²) >= 11 is 0. The van der Waals surface area contributed by atoms with Gasteiger partial charge in [-0.15, -0.1) is 0 Å². The second kappa shape index (κ2) is 9.65. The minimum Gasteiger partial charge on any atom is -0.324 e. The average molecular weight is 225 g/mol. The first kappa shape index (κ1) is 17.8. The van der Waals surface area contributed by atoms with Crippen LogP contribution >= 0.6 is 0 Å². The predicted molar refractivity (Wildman–Crippen MR) is 76.4 cm³/mol. The van der Waals surface area contributed by atoms with Crippen LogP contribution in [0.25, 0.3) is 0 Å². The summed E-state index contributed by atoms with van der Waals surface area (Å²) in [7, 11) is 0. The van der Waals surface area contributed by atoms with Gasteiger partial charge in [-0.2, -0.15) is 0 Å². The molecule has 0 aliphatic heterocycles. The lowest BCUT2D eigenvalue weighted by Gasteiger charge is -2.29. The third kappa shape index (κ3) is 6.12. The highest BCUT2D eigenvalue weighted by Crippen LogP contribution is 2.27. The zero-order valence-corrected chi connectivity index (χ0v) is 12.2. The maximum Gasteiger partial charge on any atom is 0.0252 e. The van der Waals surface area contributed by atoms with E-state index in [0.29, 0.717) is 17.8 Å². The number of hydrogen-bond acceptors (Lipinski definition) is 1. The molecule has 0 rings (SSSR count). The smallest absolute Gasteiger partial charge is 0.0252 e. The van der Waals surface area contributed by atoms with E-state index in [9.17, 15) is 0 Å². The molecular formula is C15H31N. The largest absolute Gasteiger partial charge is 0.324 e. The molecule has 2 N–H and O–H groups in total. The molecule has 96 valence electrons. The number of allylic oxidation sites excluding steroid dienone is 2. The Hall–Kier alpha value is -0.560. The molecule has 0 heterocycles. The Labute approximate surface area is 103 Å². The summed E-state index contributed by atoms with van der Waals surface area (Å²) in [6.45, 7) is 18.8. The molecule has 0 bridgehead atoms. The van der Waals surface area contributed by atoms with Crippen molar-refractivity contribution in [2.75, 3.05) is 0 Å². The van der Waals surface area contributed by atoms with Crippen molar-refractivity contribution in [3.05, 3.63) is 24.3 Å². The fourth-order valence-electron chi connectivity index (χ4n) is 1.65. The zero-order chi connectivity index (χ0) is 13.3. The van der Waals surface area contributed by atoms with Gasteiger partial charge in [0.2, 0.25) is 0 Å². The van der Waals surface area contributed by atoms with E-state index in [-0.39, 0.29) is 6.04 Å². The van der Waals surface area contributed by atoms with Crippen LogP contribution in [0.5, 0.6) is 0 Å². The summed E-state index contributed by atoms with van der Waals surface area (Å²) < 4.78 is 0. The Balaban J connectivity index is 0. The molecule has 0 aromatic heterocycles. The van der Waals surface area contributed by atoms with E-state index in [1.54, 1.807) is 0 Å². The van der Waals surface area contributed by atoms with Gasteiger partial charge >= 0.3 is 0 Å². The second-order valence-electron chi connectivity index (χ2n) is 4.46. The van der Waals surface area contributed by atoms with Crippen LogP contribution in [-0.2, 0) is 0 Å². The van der Waals surface area contributed by atoms with Crippen LogP contribution in [-0.4, -0.2) is 6.04 Å². The van der Waals surface area contributed by atoms with Crippen LogP contribution in [0.15, 0.2) is 24.3 Å². The summed E-state index contributed by atoms with van der Waals surface area (Å²) in [4.78, 5) is 0. The molecule has 0 amide bonds. The highest BCUT2D eigenvalue weighted by molar-refractivity contribution is 5.00. The summed E-state index contributed by atoms with van der Waals surface area (Å²) in [6, 6.07) is 0.164. The molecule has 16 heavy (non-hydrogen) atoms. The highest BCUT2D eigenvalue weighted by atomic mass is 14.6. The Morgan fingerprint density at radius 2 is 1.56 bits per heavy atom. The van der Waals surface area contributed by atoms with Crippen molar-refractivity contribution in [2.45, 2.75) is 54.5 Å². The summed E-state index contributed by atoms with van der Waals surface area (Å²) in [5.74, 6) is 1.62. The normalized spacial score (nSPS) is 18.2. The molecule has 0 fully saturated rings. The lowest BCUT2D eigenvalue weighted by atomic mass is 9.78. The summed E-state index contributed by atoms with van der Waals surface area (Å²) in [5.41, 5.74) is 7.30. The average Bonchev–Trinajstić information content (AvgIpc) is 2.28. The predicted octanol–water partition coefficient (Wildman–Crippen LogP) is 4.40. The number of nitrogens with two attached hydrogens (primary N) is 1. The van der Waals surface area contributed by atoms with Gasteiger partial charge in [0.25, 0.3) is 0 Å². The van der Waals surface area contributed by atoms with Gasteiger partial charge in [0.05, 0.1) is 0 Å². The van der Waals surface area contributed by atoms with E-state index < -0.39 is 0 Å². The fourth-order valence-corrected chi connectivity index (χ4v) is 1.65. The maximum atomic E-state index is 6.05. The van der Waals surface area contributed by atoms with Gasteiger partial charge < -0.3 is 5.73 Å². The Morgan fingerprint density at radius 1 is 1.12 bits per heavy atom. The van der Waals surface area contributed by atoms with Gasteiger partial charge in [-0.25, -0.2) is 0 Å². The second-order valence-corrected chi connectivity index (χ2v) is 4.46. The third-order valence-electron chi connectivity index (χ3n) is 3.42. The first-order valence-corrected chi connectivity index (χ1v) is 6.45. The van der Waals surface area contributed by atoms with Gasteiger partial charge in [-0.1, -0.05) is 58.9 Å². The van der Waals surface area contributed by atoms with Crippen LogP contribution in [0.2, 0.25) is 0 Å². The third-order valence-corrected chi connectivity index (χ3v) is 3.42. The fraction of sp³-hybridized carbons (Fsp3) is 0.733. The Bertz CT molecular complexity index is 205. The molecule has 4 atom stereocenters. The Kier molecular flexibility index (Phi) is 10.8. The highest BCUT2D eigenvalue weighted by Gasteiger charge is 2.22. The lowest BCUT2D eigenvalue weighted by Crippen LogP contribution is -2.33. The van der Waals surface area contributed by atoms with Crippen LogP contribution < -0.4 is 5.73 Å². The van der Waals surface area contributed by atoms with Crippen LogP contribution in [0.4, 0.5) is 0 Å². The first-order chi connectivity index (χ1) is 7.41. The van der Waals surface area contributed by atoms with Crippen molar-refractivity contribution < 1.29 is 0 Å². The summed E-state index contributed by atoms with van der Waals surface area (Å²) in [5, 5.41) is 0. The van der Waals surface area contributed by atoms with E-state index in [2.05, 4.69) is 40.3 Å². The van der Waals surface area contributed by atoms with E-state index in [0.717, 1.165) is 0 Å². The molecule has 0 saturated carbocycles. The molecule has 0 aromatic rings. The Morgan fingerprint density at radius 3 is 1.88 bits per heavy atom. The maximum absolute atomic E-state index is 6.05. The zero-order valence-electron chi connectivity index (χ0n) is 12.2. The van der Waals surface area contributed by atoms with Crippen molar-refractivity contribution in [3.63, 3.8) is 0 Å². The van der Waals surface area contributed by atoms with Crippen molar-refractivity contribution >= 4 is 0 Å². The lowest BCUT2D eigenvalue weighted by molar-refractivity contribution is 0.289. The molecule has 0 saturated heterocycles. The van der Waals surface area contributed by atoms with Crippen molar-refractivity contribution in [1.82, 2.24) is 0 Å². The molecule has 0 spiro atoms. The van der Waals surface area contributed by atoms with Crippen molar-refractivity contribution in [2.24, 2.45) is 23.5 Å². The molecule has 0 aromatic carbocycles. The quantitative estimate of drug-likeness (QED) is 0.690. The van der Waals surface area contributed by atoms with Gasteiger partial charge in [-0.3, -0.25) is 0 Å². The van der Waals surface area contributed by atoms with Gasteiger partial charge in [0.1, 0.15) is 0 Å². The number of rotatable bonds is 5. The van der Waals surface area contributed by atoms with E-state index >= 15 is 0 Å². The van der Waals surface area contributed by atoms with Crippen LogP contribution in [0.3, 0.4) is 0 Å². The van der Waals surface area contributed by atoms with E-state index in [1.165, 1.54) is 5.57 Å². The van der Waals surface area contributed by atoms with Crippen molar-refractivity contribution in [1.29, 1.82) is 0 Å². The van der Waals surface area contributed by atoms with Gasteiger partial charge in [0.15, 0.2) is 0 Å². The molecule has 0 aliphatic carbocycles. The molecular weight excluding hydrogens is 194 g/mol. The van der Waals surface area contributed by atoms with Crippen LogP contribution in [0, 0.1) is 17.8 Å². The van der Waals surface area contributed by atoms with Crippen molar-refractivity contribution in [3.8, 4) is 0 Å². The summed E-state index contributed by atoms with van der Waals surface area (Å²) in [6.07, 6.45) is 4.10. The monoisotopic (exact) mass is 225 g/mol. The van der Waals surface area contributed by atoms with Gasteiger partial charge in [0, 0.05) is 6.04 Å². The minimum absolute atomic E-state index is 0.164. The standard InChI is InChI=1S/C13H25N.C2H6/c1-7-8-13(14)12(6)11(5)10(4)9(2)3;1-2/h7-8,10-13H,2,14H2,1,3-6H3;1-2H3/b8-7+;. The molecule has 1 nitrogen and oxygen atoms in total. The van der Waals surface area contributed by atoms with E-state index in [1.807, 2.05) is 26.8 Å². The minimum atomic E-state index is 0.164. The number of hydrogen-bond donors (Lipinski definition) is 1. The van der Waals surface area contributed by atoms with Crippen LogP contribution in [0.1, 0.15) is 48.5 Å². The SMILES string of the molecule is C=C(C)C(C)C(C)C(C)C(N)/C=C/C.CC. The first-order valence-electron chi connectivity index (χ1n) is 6.45. The van der Waals surface area contributed by atoms with Gasteiger partial charge in [-0.05, 0) is 31.6 Å². The van der Waals surface area contributed by atoms with E-state index in [4.69, 9.17) is 5.73 Å². The molecule has 0 radical (unpaired) electrons. The molecule has 1 heteroatoms. The topological polar surface area (TPSA) is 26.0 Å².